The van der Waals surface area contributed by atoms with Crippen molar-refractivity contribution in [3.63, 3.8) is 0 Å². The van der Waals surface area contributed by atoms with Gasteiger partial charge in [0.1, 0.15) is 0 Å². The van der Waals surface area contributed by atoms with Gasteiger partial charge in [-0.1, -0.05) is 33.8 Å². The fourth-order valence-corrected chi connectivity index (χ4v) is 6.68. The lowest BCUT2D eigenvalue weighted by atomic mass is 9.63. The molecule has 43 heavy (non-hydrogen) atoms. The summed E-state index contributed by atoms with van der Waals surface area (Å²) in [5.41, 5.74) is 2.40. The molecule has 2 aliphatic carbocycles. The Bertz CT molecular complexity index is 1580. The van der Waals surface area contributed by atoms with Gasteiger partial charge in [-0.25, -0.2) is 0 Å². The second kappa shape index (κ2) is 10.6. The number of nitro groups is 2. The van der Waals surface area contributed by atoms with Gasteiger partial charge in [-0.15, -0.1) is 0 Å². The van der Waals surface area contributed by atoms with Gasteiger partial charge in [0.15, 0.2) is 23.1 Å². The van der Waals surface area contributed by atoms with Gasteiger partial charge in [0.2, 0.25) is 5.75 Å². The smallest absolute Gasteiger partial charge is 0.318 e. The maximum Gasteiger partial charge on any atom is 0.318 e. The molecule has 1 heterocycles. The number of hydrogen-bond donors (Lipinski definition) is 0. The Morgan fingerprint density at radius 2 is 1.37 bits per heavy atom. The molecule has 0 saturated heterocycles. The van der Waals surface area contributed by atoms with Crippen LogP contribution in [0.15, 0.2) is 58.9 Å². The summed E-state index contributed by atoms with van der Waals surface area (Å²) >= 11 is 0. The third-order valence-corrected chi connectivity index (χ3v) is 8.43. The SMILES string of the molecule is CCN1C2=C(C(=O)CC(C)(C)C2)C(c2ccc(Oc3ccc([N+](=O)[O-])cc3[N+](=O)[O-])c(OC)c2)C2=C1CC(C)(C)CC2=O. The Morgan fingerprint density at radius 3 is 1.86 bits per heavy atom. The molecule has 0 spiro atoms. The van der Waals surface area contributed by atoms with Crippen LogP contribution in [0.2, 0.25) is 0 Å². The van der Waals surface area contributed by atoms with Crippen molar-refractivity contribution in [1.29, 1.82) is 0 Å². The summed E-state index contributed by atoms with van der Waals surface area (Å²) < 4.78 is 11.5. The lowest BCUT2D eigenvalue weighted by molar-refractivity contribution is -0.394. The van der Waals surface area contributed by atoms with Crippen LogP contribution in [-0.4, -0.2) is 40.0 Å². The van der Waals surface area contributed by atoms with Crippen LogP contribution in [-0.2, 0) is 9.59 Å². The zero-order valence-electron chi connectivity index (χ0n) is 25.2. The quantitative estimate of drug-likeness (QED) is 0.246. The van der Waals surface area contributed by atoms with Gasteiger partial charge in [-0.2, -0.15) is 0 Å². The number of ether oxygens (including phenoxy) is 2. The van der Waals surface area contributed by atoms with E-state index in [-0.39, 0.29) is 39.6 Å². The monoisotopic (exact) mass is 589 g/mol. The summed E-state index contributed by atoms with van der Waals surface area (Å²) in [5, 5.41) is 22.8. The van der Waals surface area contributed by atoms with Crippen molar-refractivity contribution in [2.75, 3.05) is 13.7 Å². The van der Waals surface area contributed by atoms with E-state index in [1.165, 1.54) is 13.2 Å². The number of methoxy groups -OCH3 is 1. The molecule has 0 amide bonds. The maximum absolute atomic E-state index is 13.9. The largest absolute Gasteiger partial charge is 0.493 e. The number of Topliss-reactive ketones (excluding diaryl/α,β-unsaturated/α-hetero) is 2. The van der Waals surface area contributed by atoms with Crippen molar-refractivity contribution in [1.82, 2.24) is 4.90 Å². The molecule has 226 valence electrons. The third kappa shape index (κ3) is 5.39. The first-order chi connectivity index (χ1) is 20.2. The molecule has 0 N–H and O–H groups in total. The van der Waals surface area contributed by atoms with Crippen molar-refractivity contribution >= 4 is 22.9 Å². The van der Waals surface area contributed by atoms with E-state index in [1.54, 1.807) is 18.2 Å². The lowest BCUT2D eigenvalue weighted by Gasteiger charge is -2.48. The highest BCUT2D eigenvalue weighted by molar-refractivity contribution is 6.06. The van der Waals surface area contributed by atoms with E-state index in [2.05, 4.69) is 32.6 Å². The number of allylic oxidation sites excluding steroid dienone is 4. The molecule has 0 radical (unpaired) electrons. The maximum atomic E-state index is 13.9. The minimum Gasteiger partial charge on any atom is -0.493 e. The Morgan fingerprint density at radius 1 is 0.814 bits per heavy atom. The number of nitro benzene ring substituents is 2. The number of rotatable bonds is 7. The fourth-order valence-electron chi connectivity index (χ4n) is 6.68. The van der Waals surface area contributed by atoms with Crippen LogP contribution in [0.4, 0.5) is 11.4 Å². The zero-order valence-corrected chi connectivity index (χ0v) is 25.2. The van der Waals surface area contributed by atoms with Crippen molar-refractivity contribution in [3.05, 3.63) is 84.7 Å². The number of carbonyl (C=O) groups is 2. The molecule has 0 fully saturated rings. The summed E-state index contributed by atoms with van der Waals surface area (Å²) in [6.45, 7) is 11.0. The summed E-state index contributed by atoms with van der Waals surface area (Å²) in [7, 11) is 1.42. The Kier molecular flexibility index (Phi) is 7.40. The first-order valence-electron chi connectivity index (χ1n) is 14.2. The van der Waals surface area contributed by atoms with Gasteiger partial charge in [-0.3, -0.25) is 29.8 Å². The summed E-state index contributed by atoms with van der Waals surface area (Å²) in [6, 6.07) is 8.17. The Labute approximate surface area is 249 Å². The second-order valence-corrected chi connectivity index (χ2v) is 13.0. The fraction of sp³-hybridized carbons (Fsp3) is 0.438. The molecule has 2 aromatic rings. The van der Waals surface area contributed by atoms with Crippen molar-refractivity contribution in [3.8, 4) is 17.2 Å². The van der Waals surface area contributed by atoms with E-state index >= 15 is 0 Å². The van der Waals surface area contributed by atoms with Gasteiger partial charge >= 0.3 is 5.69 Å². The standard InChI is InChI=1S/C32H35N3O8/c1-7-33-21-14-31(2,3)16-23(36)29(21)28(30-22(33)15-32(4,5)17-24(30)37)18-8-10-26(27(12-18)42-6)43-25-11-9-19(34(38)39)13-20(25)35(40)41/h8-13,28H,7,14-17H2,1-6H3. The van der Waals surface area contributed by atoms with Gasteiger partial charge in [-0.05, 0) is 54.4 Å². The van der Waals surface area contributed by atoms with Crippen LogP contribution in [0.1, 0.15) is 71.8 Å². The molecule has 0 unspecified atom stereocenters. The Hall–Kier alpha value is -4.54. The van der Waals surface area contributed by atoms with Crippen molar-refractivity contribution < 1.29 is 28.9 Å². The molecule has 0 atom stereocenters. The predicted molar refractivity (Wildman–Crippen MR) is 158 cm³/mol. The van der Waals surface area contributed by atoms with E-state index < -0.39 is 27.1 Å². The van der Waals surface area contributed by atoms with Crippen LogP contribution in [0.25, 0.3) is 0 Å². The van der Waals surface area contributed by atoms with Gasteiger partial charge in [0, 0.05) is 53.9 Å². The number of non-ortho nitro benzene ring substituents is 1. The normalized spacial score (nSPS) is 19.6. The van der Waals surface area contributed by atoms with Crippen LogP contribution >= 0.6 is 0 Å². The lowest BCUT2D eigenvalue weighted by Crippen LogP contribution is -2.44. The van der Waals surface area contributed by atoms with E-state index in [1.807, 2.05) is 6.92 Å². The van der Waals surface area contributed by atoms with Crippen molar-refractivity contribution in [2.45, 2.75) is 66.2 Å². The third-order valence-electron chi connectivity index (χ3n) is 8.43. The average molecular weight is 590 g/mol. The van der Waals surface area contributed by atoms with Crippen LogP contribution in [0.5, 0.6) is 17.2 Å². The van der Waals surface area contributed by atoms with E-state index in [4.69, 9.17) is 9.47 Å². The first kappa shape index (κ1) is 29.9. The predicted octanol–water partition coefficient (Wildman–Crippen LogP) is 7.01. The number of benzene rings is 2. The van der Waals surface area contributed by atoms with E-state index in [0.29, 0.717) is 48.9 Å². The molecular formula is C32H35N3O8. The van der Waals surface area contributed by atoms with Crippen LogP contribution in [0, 0.1) is 31.1 Å². The van der Waals surface area contributed by atoms with Gasteiger partial charge in [0.25, 0.3) is 5.69 Å². The molecule has 1 aliphatic heterocycles. The molecule has 3 aliphatic rings. The minimum absolute atomic E-state index is 0.0136. The topological polar surface area (TPSA) is 142 Å². The van der Waals surface area contributed by atoms with E-state index in [0.717, 1.165) is 23.5 Å². The van der Waals surface area contributed by atoms with Crippen LogP contribution < -0.4 is 9.47 Å². The highest BCUT2D eigenvalue weighted by Gasteiger charge is 2.48. The number of nitrogens with zero attached hydrogens (tertiary/aromatic N) is 3. The Balaban J connectivity index is 1.65. The average Bonchev–Trinajstić information content (AvgIpc) is 2.91. The van der Waals surface area contributed by atoms with E-state index in [9.17, 15) is 29.8 Å². The molecule has 2 aromatic carbocycles. The molecular weight excluding hydrogens is 554 g/mol. The molecule has 0 aromatic heterocycles. The first-order valence-corrected chi connectivity index (χ1v) is 14.2. The number of hydrogen-bond acceptors (Lipinski definition) is 9. The molecule has 0 bridgehead atoms. The highest BCUT2D eigenvalue weighted by atomic mass is 16.6. The molecule has 5 rings (SSSR count). The number of carbonyl (C=O) groups excluding carboxylic acids is 2. The molecule has 0 saturated carbocycles. The van der Waals surface area contributed by atoms with Crippen molar-refractivity contribution in [2.24, 2.45) is 10.8 Å². The van der Waals surface area contributed by atoms with Gasteiger partial charge < -0.3 is 14.4 Å². The number of ketones is 2. The van der Waals surface area contributed by atoms with Gasteiger partial charge in [0.05, 0.1) is 23.0 Å². The van der Waals surface area contributed by atoms with Crippen LogP contribution in [0.3, 0.4) is 0 Å². The summed E-state index contributed by atoms with van der Waals surface area (Å²) in [4.78, 5) is 51.2. The summed E-state index contributed by atoms with van der Waals surface area (Å²) in [6.07, 6.45) is 2.13. The zero-order chi connectivity index (χ0) is 31.4. The molecule has 11 heteroatoms. The minimum atomic E-state index is -0.751. The summed E-state index contributed by atoms with van der Waals surface area (Å²) in [5.74, 6) is -0.373. The highest BCUT2D eigenvalue weighted by Crippen LogP contribution is 2.55. The second-order valence-electron chi connectivity index (χ2n) is 13.0. The molecule has 11 nitrogen and oxygen atoms in total.